The van der Waals surface area contributed by atoms with Crippen LogP contribution in [0.4, 0.5) is 5.95 Å². The minimum absolute atomic E-state index is 0.138. The van der Waals surface area contributed by atoms with E-state index in [4.69, 9.17) is 0 Å². The molecule has 1 aromatic carbocycles. The molecule has 0 fully saturated rings. The molecular formula is C15H14N4O2S. The van der Waals surface area contributed by atoms with Crippen LogP contribution in [-0.4, -0.2) is 21.1 Å². The Morgan fingerprint density at radius 3 is 2.82 bits per heavy atom. The van der Waals surface area contributed by atoms with Gasteiger partial charge in [-0.15, -0.1) is 5.10 Å². The number of fused-ring (bicyclic) bond motifs is 1. The first-order valence-corrected chi connectivity index (χ1v) is 7.63. The summed E-state index contributed by atoms with van der Waals surface area (Å²) in [5.41, 5.74) is 0. The molecule has 0 unspecified atom stereocenters. The molecule has 0 aliphatic heterocycles. The van der Waals surface area contributed by atoms with Crippen molar-refractivity contribution in [3.8, 4) is 0 Å². The Bertz CT molecular complexity index is 898. The predicted octanol–water partition coefficient (Wildman–Crippen LogP) is 2.76. The molecule has 3 rings (SSSR count). The van der Waals surface area contributed by atoms with Crippen molar-refractivity contribution < 1.29 is 4.79 Å². The standard InChI is InChI=1S/C15H14N4O2S/c1-8(2)12-16-15(19-18-12)17-13(20)11-7-9-5-3-4-6-10(9)14(21)22-11/h3-8H,1-2H3,(H2,16,17,18,19,20). The van der Waals surface area contributed by atoms with Gasteiger partial charge in [-0.05, 0) is 17.5 Å². The van der Waals surface area contributed by atoms with Crippen molar-refractivity contribution in [2.75, 3.05) is 5.32 Å². The zero-order valence-electron chi connectivity index (χ0n) is 12.1. The molecule has 0 bridgehead atoms. The van der Waals surface area contributed by atoms with Gasteiger partial charge in [0.05, 0.1) is 4.88 Å². The third-order valence-electron chi connectivity index (χ3n) is 3.17. The molecule has 7 heteroatoms. The number of benzene rings is 1. The molecule has 0 saturated carbocycles. The Kier molecular flexibility index (Phi) is 3.72. The minimum Gasteiger partial charge on any atom is -0.288 e. The van der Waals surface area contributed by atoms with Crippen LogP contribution >= 0.6 is 11.3 Å². The van der Waals surface area contributed by atoms with Crippen molar-refractivity contribution in [3.05, 3.63) is 50.6 Å². The average molecular weight is 314 g/mol. The smallest absolute Gasteiger partial charge is 0.268 e. The summed E-state index contributed by atoms with van der Waals surface area (Å²) < 4.78 is -0.138. The van der Waals surface area contributed by atoms with Crippen LogP contribution in [0, 0.1) is 0 Å². The second-order valence-electron chi connectivity index (χ2n) is 5.14. The number of amides is 1. The molecule has 2 heterocycles. The van der Waals surface area contributed by atoms with E-state index in [1.165, 1.54) is 0 Å². The first-order valence-electron chi connectivity index (χ1n) is 6.81. The van der Waals surface area contributed by atoms with Crippen molar-refractivity contribution in [2.24, 2.45) is 0 Å². The first kappa shape index (κ1) is 14.4. The molecular weight excluding hydrogens is 300 g/mol. The van der Waals surface area contributed by atoms with Gasteiger partial charge in [0.25, 0.3) is 5.91 Å². The van der Waals surface area contributed by atoms with Gasteiger partial charge in [-0.2, -0.15) is 4.98 Å². The molecule has 6 nitrogen and oxygen atoms in total. The highest BCUT2D eigenvalue weighted by Gasteiger charge is 2.13. The van der Waals surface area contributed by atoms with E-state index >= 15 is 0 Å². The molecule has 0 radical (unpaired) electrons. The lowest BCUT2D eigenvalue weighted by Crippen LogP contribution is -2.14. The molecule has 2 N–H and O–H groups in total. The fourth-order valence-corrected chi connectivity index (χ4v) is 2.82. The normalized spacial score (nSPS) is 11.0. The Hall–Kier alpha value is -2.54. The van der Waals surface area contributed by atoms with Crippen molar-refractivity contribution in [2.45, 2.75) is 19.8 Å². The number of anilines is 1. The molecule has 3 aromatic rings. The van der Waals surface area contributed by atoms with Gasteiger partial charge in [0.1, 0.15) is 5.82 Å². The zero-order chi connectivity index (χ0) is 15.7. The van der Waals surface area contributed by atoms with Crippen molar-refractivity contribution in [1.29, 1.82) is 0 Å². The van der Waals surface area contributed by atoms with Crippen molar-refractivity contribution in [1.82, 2.24) is 15.2 Å². The van der Waals surface area contributed by atoms with Crippen LogP contribution in [0.25, 0.3) is 10.8 Å². The number of hydrogen-bond acceptors (Lipinski definition) is 5. The second-order valence-corrected chi connectivity index (χ2v) is 6.15. The summed E-state index contributed by atoms with van der Waals surface area (Å²) >= 11 is 0.914. The number of aromatic amines is 1. The Balaban J connectivity index is 1.90. The predicted molar refractivity (Wildman–Crippen MR) is 86.5 cm³/mol. The molecule has 0 atom stereocenters. The summed E-state index contributed by atoms with van der Waals surface area (Å²) in [4.78, 5) is 28.8. The number of nitrogens with one attached hydrogen (secondary N) is 2. The van der Waals surface area contributed by atoms with Gasteiger partial charge < -0.3 is 0 Å². The highest BCUT2D eigenvalue weighted by atomic mass is 32.1. The fraction of sp³-hybridized carbons (Fsp3) is 0.200. The van der Waals surface area contributed by atoms with Gasteiger partial charge in [0.2, 0.25) is 10.7 Å². The van der Waals surface area contributed by atoms with E-state index in [0.717, 1.165) is 16.7 Å². The number of hydrogen-bond donors (Lipinski definition) is 2. The van der Waals surface area contributed by atoms with Gasteiger partial charge in [0, 0.05) is 11.3 Å². The maximum atomic E-state index is 12.3. The molecule has 112 valence electrons. The monoisotopic (exact) mass is 314 g/mol. The molecule has 0 aliphatic rings. The van der Waals surface area contributed by atoms with Crippen molar-refractivity contribution in [3.63, 3.8) is 0 Å². The number of carbonyl (C=O) groups excluding carboxylic acids is 1. The molecule has 1 amide bonds. The molecule has 0 spiro atoms. The van der Waals surface area contributed by atoms with E-state index in [1.54, 1.807) is 18.2 Å². The Morgan fingerprint density at radius 2 is 2.09 bits per heavy atom. The average Bonchev–Trinajstić information content (AvgIpc) is 2.96. The Labute approximate surface area is 130 Å². The topological polar surface area (TPSA) is 87.7 Å². The molecule has 22 heavy (non-hydrogen) atoms. The number of H-pyrrole nitrogens is 1. The van der Waals surface area contributed by atoms with Crippen LogP contribution in [-0.2, 0) is 0 Å². The van der Waals surface area contributed by atoms with E-state index in [9.17, 15) is 9.59 Å². The van der Waals surface area contributed by atoms with Gasteiger partial charge in [-0.25, -0.2) is 0 Å². The lowest BCUT2D eigenvalue weighted by atomic mass is 10.2. The lowest BCUT2D eigenvalue weighted by Gasteiger charge is -2.02. The highest BCUT2D eigenvalue weighted by molar-refractivity contribution is 7.12. The van der Waals surface area contributed by atoms with Gasteiger partial charge in [-0.1, -0.05) is 43.4 Å². The Morgan fingerprint density at radius 1 is 1.32 bits per heavy atom. The van der Waals surface area contributed by atoms with E-state index in [0.29, 0.717) is 16.1 Å². The summed E-state index contributed by atoms with van der Waals surface area (Å²) in [6, 6.07) is 8.90. The fourth-order valence-electron chi connectivity index (χ4n) is 2.00. The van der Waals surface area contributed by atoms with Crippen LogP contribution in [0.1, 0.15) is 35.3 Å². The number of aromatic nitrogens is 3. The van der Waals surface area contributed by atoms with Crippen molar-refractivity contribution >= 4 is 34.0 Å². The van der Waals surface area contributed by atoms with Crippen LogP contribution < -0.4 is 10.1 Å². The van der Waals surface area contributed by atoms with E-state index in [2.05, 4.69) is 20.5 Å². The molecule has 0 aliphatic carbocycles. The number of rotatable bonds is 3. The van der Waals surface area contributed by atoms with Gasteiger partial charge >= 0.3 is 0 Å². The molecule has 0 saturated heterocycles. The summed E-state index contributed by atoms with van der Waals surface area (Å²) in [5, 5.41) is 10.7. The second kappa shape index (κ2) is 5.69. The summed E-state index contributed by atoms with van der Waals surface area (Å²) in [5.74, 6) is 0.709. The SMILES string of the molecule is CC(C)c1nc(NC(=O)c2cc3ccccc3c(=O)s2)n[nH]1. The first-order chi connectivity index (χ1) is 10.5. The van der Waals surface area contributed by atoms with E-state index in [1.807, 2.05) is 26.0 Å². The van der Waals surface area contributed by atoms with E-state index < -0.39 is 0 Å². The maximum Gasteiger partial charge on any atom is 0.268 e. The van der Waals surface area contributed by atoms with Crippen LogP contribution in [0.15, 0.2) is 35.1 Å². The number of nitrogens with zero attached hydrogens (tertiary/aromatic N) is 2. The number of carbonyl (C=O) groups is 1. The third-order valence-corrected chi connectivity index (χ3v) is 4.10. The lowest BCUT2D eigenvalue weighted by molar-refractivity contribution is 0.102. The van der Waals surface area contributed by atoms with Crippen LogP contribution in [0.5, 0.6) is 0 Å². The van der Waals surface area contributed by atoms with Crippen LogP contribution in [0.2, 0.25) is 0 Å². The zero-order valence-corrected chi connectivity index (χ0v) is 12.9. The molecule has 2 aromatic heterocycles. The largest absolute Gasteiger partial charge is 0.288 e. The minimum atomic E-state index is -0.387. The quantitative estimate of drug-likeness (QED) is 0.778. The van der Waals surface area contributed by atoms with Gasteiger partial charge in [-0.3, -0.25) is 20.0 Å². The van der Waals surface area contributed by atoms with Crippen LogP contribution in [0.3, 0.4) is 0 Å². The third kappa shape index (κ3) is 2.75. The highest BCUT2D eigenvalue weighted by Crippen LogP contribution is 2.16. The van der Waals surface area contributed by atoms with E-state index in [-0.39, 0.29) is 22.5 Å². The summed E-state index contributed by atoms with van der Waals surface area (Å²) in [6.07, 6.45) is 0. The maximum absolute atomic E-state index is 12.3. The summed E-state index contributed by atoms with van der Waals surface area (Å²) in [7, 11) is 0. The van der Waals surface area contributed by atoms with Gasteiger partial charge in [0.15, 0.2) is 0 Å². The summed E-state index contributed by atoms with van der Waals surface area (Å²) in [6.45, 7) is 3.95.